The van der Waals surface area contributed by atoms with Gasteiger partial charge in [-0.2, -0.15) is 0 Å². The first-order valence-corrected chi connectivity index (χ1v) is 10.7. The summed E-state index contributed by atoms with van der Waals surface area (Å²) in [5.41, 5.74) is 1.20. The van der Waals surface area contributed by atoms with Gasteiger partial charge in [-0.1, -0.05) is 6.92 Å². The zero-order valence-electron chi connectivity index (χ0n) is 16.6. The number of morpholine rings is 1. The lowest BCUT2D eigenvalue weighted by Crippen LogP contribution is -2.52. The molecule has 3 saturated heterocycles. The van der Waals surface area contributed by atoms with Crippen LogP contribution in [-0.2, 0) is 17.7 Å². The van der Waals surface area contributed by atoms with Crippen LogP contribution in [0.4, 0.5) is 0 Å². The molecule has 27 heavy (non-hydrogen) atoms. The Morgan fingerprint density at radius 1 is 1.11 bits per heavy atom. The maximum absolute atomic E-state index is 13.1. The minimum absolute atomic E-state index is 0.0651. The van der Waals surface area contributed by atoms with E-state index >= 15 is 0 Å². The summed E-state index contributed by atoms with van der Waals surface area (Å²) in [6.07, 6.45) is 5.63. The Morgan fingerprint density at radius 3 is 2.63 bits per heavy atom. The molecule has 0 saturated carbocycles. The maximum Gasteiger partial charge on any atom is 0.289 e. The average molecular weight is 376 g/mol. The summed E-state index contributed by atoms with van der Waals surface area (Å²) in [5, 5.41) is 0. The van der Waals surface area contributed by atoms with Gasteiger partial charge in [0.1, 0.15) is 5.76 Å². The molecule has 3 aliphatic heterocycles. The number of carbonyl (C=O) groups excluding carboxylic acids is 1. The van der Waals surface area contributed by atoms with E-state index in [4.69, 9.17) is 9.15 Å². The topological polar surface area (TPSA) is 49.2 Å². The highest BCUT2D eigenvalue weighted by Crippen LogP contribution is 2.24. The minimum Gasteiger partial charge on any atom is -0.456 e. The molecule has 150 valence electrons. The van der Waals surface area contributed by atoms with E-state index in [1.807, 2.05) is 11.0 Å². The smallest absolute Gasteiger partial charge is 0.289 e. The van der Waals surface area contributed by atoms with E-state index in [1.165, 1.54) is 24.8 Å². The summed E-state index contributed by atoms with van der Waals surface area (Å²) in [5.74, 6) is 1.57. The van der Waals surface area contributed by atoms with E-state index in [2.05, 4.69) is 16.7 Å². The van der Waals surface area contributed by atoms with Gasteiger partial charge in [0.15, 0.2) is 5.76 Å². The zero-order chi connectivity index (χ0) is 18.6. The van der Waals surface area contributed by atoms with Crippen molar-refractivity contribution < 1.29 is 13.9 Å². The van der Waals surface area contributed by atoms with Gasteiger partial charge in [-0.05, 0) is 44.8 Å². The minimum atomic E-state index is 0.0651. The third kappa shape index (κ3) is 4.39. The number of hydrogen-bond donors (Lipinski definition) is 0. The molecular formula is C21H33N3O3. The van der Waals surface area contributed by atoms with Gasteiger partial charge in [-0.3, -0.25) is 14.6 Å². The molecule has 1 atom stereocenters. The molecule has 0 aliphatic carbocycles. The Bertz CT molecular complexity index is 633. The molecule has 6 heteroatoms. The quantitative estimate of drug-likeness (QED) is 0.791. The van der Waals surface area contributed by atoms with Crippen LogP contribution in [0.25, 0.3) is 0 Å². The molecule has 1 amide bonds. The Morgan fingerprint density at radius 2 is 1.89 bits per heavy atom. The van der Waals surface area contributed by atoms with Gasteiger partial charge in [0, 0.05) is 50.7 Å². The molecule has 1 unspecified atom stereocenters. The molecule has 6 nitrogen and oxygen atoms in total. The second-order valence-electron chi connectivity index (χ2n) is 8.09. The number of piperidine rings is 1. The molecule has 4 heterocycles. The first kappa shape index (κ1) is 19.0. The highest BCUT2D eigenvalue weighted by Gasteiger charge is 2.31. The van der Waals surface area contributed by atoms with E-state index in [1.54, 1.807) is 0 Å². The molecule has 3 fully saturated rings. The van der Waals surface area contributed by atoms with Crippen LogP contribution in [0.2, 0.25) is 0 Å². The van der Waals surface area contributed by atoms with Crippen LogP contribution >= 0.6 is 0 Å². The molecule has 0 spiro atoms. The lowest BCUT2D eigenvalue weighted by molar-refractivity contribution is -0.00167. The molecule has 3 aliphatic rings. The average Bonchev–Trinajstić information content (AvgIpc) is 3.38. The lowest BCUT2D eigenvalue weighted by Gasteiger charge is -2.40. The van der Waals surface area contributed by atoms with Gasteiger partial charge in [0.2, 0.25) is 0 Å². The van der Waals surface area contributed by atoms with E-state index in [9.17, 15) is 4.79 Å². The fraction of sp³-hybridized carbons (Fsp3) is 0.762. The van der Waals surface area contributed by atoms with Crippen molar-refractivity contribution in [2.75, 3.05) is 52.5 Å². The standard InChI is InChI=1S/C21H33N3O3/c1-2-19-17(15-22-7-3-4-8-22)14-20(27-19)21(25)24-9-5-6-18(16-24)23-10-12-26-13-11-23/h14,18H,2-13,15-16H2,1H3. The van der Waals surface area contributed by atoms with E-state index in [0.717, 1.165) is 77.6 Å². The van der Waals surface area contributed by atoms with Gasteiger partial charge < -0.3 is 14.1 Å². The third-order valence-corrected chi connectivity index (χ3v) is 6.27. The molecular weight excluding hydrogens is 342 g/mol. The Kier molecular flexibility index (Phi) is 6.15. The molecule has 4 rings (SSSR count). The number of carbonyl (C=O) groups is 1. The molecule has 1 aromatic rings. The normalized spacial score (nSPS) is 25.2. The van der Waals surface area contributed by atoms with Crippen molar-refractivity contribution in [3.63, 3.8) is 0 Å². The van der Waals surface area contributed by atoms with E-state index in [0.29, 0.717) is 11.8 Å². The van der Waals surface area contributed by atoms with Crippen LogP contribution in [0.3, 0.4) is 0 Å². The predicted octanol–water partition coefficient (Wildman–Crippen LogP) is 2.37. The number of likely N-dealkylation sites (tertiary alicyclic amines) is 2. The summed E-state index contributed by atoms with van der Waals surface area (Å²) in [7, 11) is 0. The SMILES string of the molecule is CCc1oc(C(=O)N2CCCC(N3CCOCC3)C2)cc1CN1CCCC1. The number of amides is 1. The second kappa shape index (κ2) is 8.76. The van der Waals surface area contributed by atoms with Crippen LogP contribution in [0.15, 0.2) is 10.5 Å². The number of rotatable bonds is 5. The molecule has 0 radical (unpaired) electrons. The van der Waals surface area contributed by atoms with Crippen molar-refractivity contribution in [1.82, 2.24) is 14.7 Å². The second-order valence-corrected chi connectivity index (χ2v) is 8.09. The number of nitrogens with zero attached hydrogens (tertiary/aromatic N) is 3. The van der Waals surface area contributed by atoms with Crippen molar-refractivity contribution in [3.05, 3.63) is 23.2 Å². The van der Waals surface area contributed by atoms with Crippen molar-refractivity contribution in [2.24, 2.45) is 0 Å². The van der Waals surface area contributed by atoms with Crippen molar-refractivity contribution in [3.8, 4) is 0 Å². The number of ether oxygens (including phenoxy) is 1. The van der Waals surface area contributed by atoms with Crippen molar-refractivity contribution >= 4 is 5.91 Å². The van der Waals surface area contributed by atoms with Crippen molar-refractivity contribution in [1.29, 1.82) is 0 Å². The Balaban J connectivity index is 1.42. The van der Waals surface area contributed by atoms with Crippen LogP contribution in [0.1, 0.15) is 54.5 Å². The van der Waals surface area contributed by atoms with Gasteiger partial charge in [-0.15, -0.1) is 0 Å². The van der Waals surface area contributed by atoms with E-state index in [-0.39, 0.29) is 5.91 Å². The Labute approximate surface area is 162 Å². The number of aryl methyl sites for hydroxylation is 1. The summed E-state index contributed by atoms with van der Waals surface area (Å²) in [6, 6.07) is 2.47. The Hall–Kier alpha value is -1.37. The van der Waals surface area contributed by atoms with Crippen LogP contribution < -0.4 is 0 Å². The molecule has 0 aromatic carbocycles. The highest BCUT2D eigenvalue weighted by atomic mass is 16.5. The highest BCUT2D eigenvalue weighted by molar-refractivity contribution is 5.92. The van der Waals surface area contributed by atoms with E-state index < -0.39 is 0 Å². The fourth-order valence-corrected chi connectivity index (χ4v) is 4.72. The predicted molar refractivity (Wildman–Crippen MR) is 104 cm³/mol. The first-order valence-electron chi connectivity index (χ1n) is 10.7. The molecule has 1 aromatic heterocycles. The van der Waals surface area contributed by atoms with Gasteiger partial charge in [0.05, 0.1) is 13.2 Å². The maximum atomic E-state index is 13.1. The third-order valence-electron chi connectivity index (χ3n) is 6.27. The summed E-state index contributed by atoms with van der Waals surface area (Å²) >= 11 is 0. The largest absolute Gasteiger partial charge is 0.456 e. The summed E-state index contributed by atoms with van der Waals surface area (Å²) in [6.45, 7) is 10.6. The zero-order valence-corrected chi connectivity index (χ0v) is 16.6. The molecule has 0 bridgehead atoms. The lowest BCUT2D eigenvalue weighted by atomic mass is 10.0. The van der Waals surface area contributed by atoms with Gasteiger partial charge >= 0.3 is 0 Å². The van der Waals surface area contributed by atoms with Crippen LogP contribution in [0, 0.1) is 0 Å². The van der Waals surface area contributed by atoms with Crippen LogP contribution in [-0.4, -0.2) is 79.1 Å². The number of hydrogen-bond acceptors (Lipinski definition) is 5. The van der Waals surface area contributed by atoms with Crippen LogP contribution in [0.5, 0.6) is 0 Å². The fourth-order valence-electron chi connectivity index (χ4n) is 4.72. The number of furan rings is 1. The summed E-state index contributed by atoms with van der Waals surface area (Å²) in [4.78, 5) is 20.1. The van der Waals surface area contributed by atoms with Gasteiger partial charge in [0.25, 0.3) is 5.91 Å². The monoisotopic (exact) mass is 375 g/mol. The first-order chi connectivity index (χ1) is 13.2. The van der Waals surface area contributed by atoms with Crippen molar-refractivity contribution in [2.45, 2.75) is 51.6 Å². The van der Waals surface area contributed by atoms with Gasteiger partial charge in [-0.25, -0.2) is 0 Å². The summed E-state index contributed by atoms with van der Waals surface area (Å²) < 4.78 is 11.5. The molecule has 0 N–H and O–H groups in total.